The number of rotatable bonds is 8. The summed E-state index contributed by atoms with van der Waals surface area (Å²) in [6.07, 6.45) is 4.33. The standard InChI is InChI=1S/C19H19Cl4NO2/c1-2-3-4-5-9-26-18-14(21)10-12(11-15(18)22)19(25)24-16-8-6-7-13(20)17(16)23/h6-8,10-11H,2-5,9H2,1H3,(H,24,25). The number of nitrogens with one attached hydrogen (secondary N) is 1. The monoisotopic (exact) mass is 433 g/mol. The highest BCUT2D eigenvalue weighted by molar-refractivity contribution is 6.44. The molecule has 1 N–H and O–H groups in total. The molecule has 0 fully saturated rings. The molecular formula is C19H19Cl4NO2. The van der Waals surface area contributed by atoms with Gasteiger partial charge in [-0.05, 0) is 30.7 Å². The lowest BCUT2D eigenvalue weighted by atomic mass is 10.2. The Bertz CT molecular complexity index is 757. The molecule has 0 heterocycles. The van der Waals surface area contributed by atoms with Crippen LogP contribution in [0.25, 0.3) is 0 Å². The highest BCUT2D eigenvalue weighted by atomic mass is 35.5. The molecule has 7 heteroatoms. The highest BCUT2D eigenvalue weighted by Gasteiger charge is 2.16. The summed E-state index contributed by atoms with van der Waals surface area (Å²) in [5.74, 6) is -0.00497. The number of carbonyl (C=O) groups is 1. The zero-order chi connectivity index (χ0) is 19.1. The number of halogens is 4. The Morgan fingerprint density at radius 3 is 2.35 bits per heavy atom. The fourth-order valence-electron chi connectivity index (χ4n) is 2.33. The number of benzene rings is 2. The van der Waals surface area contributed by atoms with Crippen molar-refractivity contribution < 1.29 is 9.53 Å². The molecule has 0 bridgehead atoms. The van der Waals surface area contributed by atoms with Crippen molar-refractivity contribution in [1.29, 1.82) is 0 Å². The Labute approximate surface area is 173 Å². The minimum Gasteiger partial charge on any atom is -0.490 e. The van der Waals surface area contributed by atoms with Crippen molar-refractivity contribution in [3.63, 3.8) is 0 Å². The van der Waals surface area contributed by atoms with E-state index >= 15 is 0 Å². The molecule has 0 unspecified atom stereocenters. The van der Waals surface area contributed by atoms with Gasteiger partial charge in [-0.2, -0.15) is 0 Å². The third kappa shape index (κ3) is 5.68. The first kappa shape index (κ1) is 21.2. The molecule has 0 radical (unpaired) electrons. The minimum absolute atomic E-state index is 0.270. The topological polar surface area (TPSA) is 38.3 Å². The van der Waals surface area contributed by atoms with Crippen LogP contribution >= 0.6 is 46.4 Å². The predicted octanol–water partition coefficient (Wildman–Crippen LogP) is 7.51. The van der Waals surface area contributed by atoms with E-state index in [4.69, 9.17) is 51.1 Å². The van der Waals surface area contributed by atoms with Gasteiger partial charge in [0.15, 0.2) is 5.75 Å². The second kappa shape index (κ2) is 10.3. The van der Waals surface area contributed by atoms with E-state index in [0.29, 0.717) is 28.6 Å². The summed E-state index contributed by atoms with van der Waals surface area (Å²) in [7, 11) is 0. The Kier molecular flexibility index (Phi) is 8.36. The van der Waals surface area contributed by atoms with Gasteiger partial charge >= 0.3 is 0 Å². The summed E-state index contributed by atoms with van der Waals surface area (Å²) in [6.45, 7) is 2.68. The Morgan fingerprint density at radius 2 is 1.69 bits per heavy atom. The molecule has 26 heavy (non-hydrogen) atoms. The van der Waals surface area contributed by atoms with E-state index in [1.807, 2.05) is 0 Å². The SMILES string of the molecule is CCCCCCOc1c(Cl)cc(C(=O)Nc2cccc(Cl)c2Cl)cc1Cl. The molecule has 3 nitrogen and oxygen atoms in total. The van der Waals surface area contributed by atoms with Gasteiger partial charge in [-0.15, -0.1) is 0 Å². The number of hydrogen-bond donors (Lipinski definition) is 1. The lowest BCUT2D eigenvalue weighted by Gasteiger charge is -2.13. The fraction of sp³-hybridized carbons (Fsp3) is 0.316. The third-order valence-corrected chi connectivity index (χ3v) is 5.08. The van der Waals surface area contributed by atoms with Crippen LogP contribution in [0.3, 0.4) is 0 Å². The average Bonchev–Trinajstić information content (AvgIpc) is 2.60. The van der Waals surface area contributed by atoms with Gasteiger partial charge in [0.25, 0.3) is 5.91 Å². The molecule has 0 aromatic heterocycles. The molecule has 1 amide bonds. The van der Waals surface area contributed by atoms with Crippen molar-refractivity contribution in [3.05, 3.63) is 56.0 Å². The zero-order valence-electron chi connectivity index (χ0n) is 14.3. The van der Waals surface area contributed by atoms with E-state index in [9.17, 15) is 4.79 Å². The van der Waals surface area contributed by atoms with Crippen molar-refractivity contribution in [2.24, 2.45) is 0 Å². The Balaban J connectivity index is 2.08. The van der Waals surface area contributed by atoms with E-state index in [2.05, 4.69) is 12.2 Å². The number of anilines is 1. The smallest absolute Gasteiger partial charge is 0.255 e. The maximum atomic E-state index is 12.5. The van der Waals surface area contributed by atoms with Crippen LogP contribution in [0.5, 0.6) is 5.75 Å². The largest absolute Gasteiger partial charge is 0.490 e. The molecular weight excluding hydrogens is 416 g/mol. The summed E-state index contributed by atoms with van der Waals surface area (Å²) in [5.41, 5.74) is 0.710. The summed E-state index contributed by atoms with van der Waals surface area (Å²) < 4.78 is 5.67. The minimum atomic E-state index is -0.396. The van der Waals surface area contributed by atoms with Gasteiger partial charge in [-0.3, -0.25) is 4.79 Å². The van der Waals surface area contributed by atoms with Crippen LogP contribution in [-0.4, -0.2) is 12.5 Å². The Morgan fingerprint density at radius 1 is 1.00 bits per heavy atom. The summed E-state index contributed by atoms with van der Waals surface area (Å²) in [6, 6.07) is 8.02. The molecule has 2 aromatic carbocycles. The highest BCUT2D eigenvalue weighted by Crippen LogP contribution is 2.35. The molecule has 140 valence electrons. The molecule has 0 aliphatic rings. The van der Waals surface area contributed by atoms with E-state index in [1.165, 1.54) is 12.1 Å². The van der Waals surface area contributed by atoms with E-state index in [-0.39, 0.29) is 15.1 Å². The van der Waals surface area contributed by atoms with Crippen LogP contribution in [0.15, 0.2) is 30.3 Å². The van der Waals surface area contributed by atoms with Crippen molar-refractivity contribution in [2.75, 3.05) is 11.9 Å². The van der Waals surface area contributed by atoms with Crippen molar-refractivity contribution in [1.82, 2.24) is 0 Å². The van der Waals surface area contributed by atoms with Gasteiger partial charge in [0.1, 0.15) is 0 Å². The molecule has 0 atom stereocenters. The normalized spacial score (nSPS) is 10.7. The van der Waals surface area contributed by atoms with Crippen LogP contribution in [0.1, 0.15) is 43.0 Å². The van der Waals surface area contributed by atoms with Gasteiger partial charge in [-0.25, -0.2) is 0 Å². The number of unbranched alkanes of at least 4 members (excludes halogenated alkanes) is 3. The van der Waals surface area contributed by atoms with Gasteiger partial charge in [0.2, 0.25) is 0 Å². The lowest BCUT2D eigenvalue weighted by Crippen LogP contribution is -2.12. The summed E-state index contributed by atoms with van der Waals surface area (Å²) in [4.78, 5) is 12.5. The predicted molar refractivity (Wildman–Crippen MR) is 111 cm³/mol. The fourth-order valence-corrected chi connectivity index (χ4v) is 3.27. The molecule has 0 saturated heterocycles. The zero-order valence-corrected chi connectivity index (χ0v) is 17.3. The summed E-state index contributed by atoms with van der Waals surface area (Å²) in [5, 5.41) is 3.89. The van der Waals surface area contributed by atoms with Crippen LogP contribution in [0, 0.1) is 0 Å². The molecule has 0 aliphatic heterocycles. The van der Waals surface area contributed by atoms with E-state index in [1.54, 1.807) is 18.2 Å². The van der Waals surface area contributed by atoms with Crippen molar-refractivity contribution in [2.45, 2.75) is 32.6 Å². The maximum Gasteiger partial charge on any atom is 0.255 e. The van der Waals surface area contributed by atoms with Gasteiger partial charge in [0, 0.05) is 5.56 Å². The van der Waals surface area contributed by atoms with Crippen LogP contribution in [0.2, 0.25) is 20.1 Å². The average molecular weight is 435 g/mol. The molecule has 2 rings (SSSR count). The molecule has 0 spiro atoms. The summed E-state index contributed by atoms with van der Waals surface area (Å²) >= 11 is 24.5. The third-order valence-electron chi connectivity index (χ3n) is 3.70. The number of carbonyl (C=O) groups excluding carboxylic acids is 1. The second-order valence-electron chi connectivity index (χ2n) is 5.73. The van der Waals surface area contributed by atoms with Crippen LogP contribution < -0.4 is 10.1 Å². The van der Waals surface area contributed by atoms with Gasteiger partial charge < -0.3 is 10.1 Å². The van der Waals surface area contributed by atoms with Crippen LogP contribution in [0.4, 0.5) is 5.69 Å². The molecule has 0 saturated carbocycles. The molecule has 2 aromatic rings. The van der Waals surface area contributed by atoms with Gasteiger partial charge in [-0.1, -0.05) is 78.7 Å². The van der Waals surface area contributed by atoms with Crippen molar-refractivity contribution >= 4 is 58.0 Å². The first-order chi connectivity index (χ1) is 12.4. The van der Waals surface area contributed by atoms with Crippen molar-refractivity contribution in [3.8, 4) is 5.75 Å². The Hall–Kier alpha value is -1.13. The lowest BCUT2D eigenvalue weighted by molar-refractivity contribution is 0.102. The number of ether oxygens (including phenoxy) is 1. The quantitative estimate of drug-likeness (QED) is 0.436. The maximum absolute atomic E-state index is 12.5. The first-order valence-corrected chi connectivity index (χ1v) is 9.82. The van der Waals surface area contributed by atoms with E-state index in [0.717, 1.165) is 25.7 Å². The first-order valence-electron chi connectivity index (χ1n) is 8.31. The number of amides is 1. The van der Waals surface area contributed by atoms with E-state index < -0.39 is 5.91 Å². The second-order valence-corrected chi connectivity index (χ2v) is 7.33. The van der Waals surface area contributed by atoms with Crippen LogP contribution in [-0.2, 0) is 0 Å². The molecule has 0 aliphatic carbocycles. The number of hydrogen-bond acceptors (Lipinski definition) is 2. The van der Waals surface area contributed by atoms with Gasteiger partial charge in [0.05, 0.1) is 32.4 Å².